The van der Waals surface area contributed by atoms with Crippen molar-refractivity contribution in [1.82, 2.24) is 0 Å². The molecule has 7 nitrogen and oxygen atoms in total. The summed E-state index contributed by atoms with van der Waals surface area (Å²) in [4.78, 5) is 0. The van der Waals surface area contributed by atoms with Crippen LogP contribution in [0.2, 0.25) is 0 Å². The first-order valence-corrected chi connectivity index (χ1v) is 4.08. The Hall–Kier alpha value is -0.280. The molecule has 7 heteroatoms. The summed E-state index contributed by atoms with van der Waals surface area (Å²) < 4.78 is 4.70. The Balaban J connectivity index is 0.000000791. The van der Waals surface area contributed by atoms with Crippen LogP contribution in [0.3, 0.4) is 0 Å². The Bertz CT molecular complexity index is 152. The minimum atomic E-state index is -1.35. The van der Waals surface area contributed by atoms with Crippen LogP contribution in [-0.4, -0.2) is 69.9 Å². The van der Waals surface area contributed by atoms with Gasteiger partial charge < -0.3 is 36.0 Å². The van der Waals surface area contributed by atoms with Crippen molar-refractivity contribution >= 4 is 0 Å². The van der Waals surface area contributed by atoms with Gasteiger partial charge in [0.25, 0.3) is 0 Å². The Morgan fingerprint density at radius 2 is 1.64 bits per heavy atom. The number of rotatable bonds is 1. The molecule has 7 N–H and O–H groups in total. The smallest absolute Gasteiger partial charge is 0.173 e. The number of hydrogen-bond donors (Lipinski definition) is 6. The van der Waals surface area contributed by atoms with Crippen LogP contribution in [0, 0.1) is 0 Å². The molecule has 0 amide bonds. The monoisotopic (exact) mass is 211 g/mol. The van der Waals surface area contributed by atoms with Crippen molar-refractivity contribution in [1.29, 1.82) is 0 Å². The lowest BCUT2D eigenvalue weighted by Gasteiger charge is -2.38. The average molecular weight is 211 g/mol. The molecule has 1 saturated heterocycles. The van der Waals surface area contributed by atoms with E-state index in [2.05, 4.69) is 0 Å². The topological polar surface area (TPSA) is 136 Å². The molecule has 1 fully saturated rings. The van der Waals surface area contributed by atoms with Crippen LogP contribution in [0.15, 0.2) is 0 Å². The molecule has 0 aliphatic carbocycles. The van der Waals surface area contributed by atoms with Gasteiger partial charge in [0.05, 0.1) is 12.6 Å². The molecule has 1 rings (SSSR count). The summed E-state index contributed by atoms with van der Waals surface area (Å²) in [5, 5.41) is 43.1. The van der Waals surface area contributed by atoms with Crippen molar-refractivity contribution in [2.24, 2.45) is 5.73 Å². The van der Waals surface area contributed by atoms with E-state index in [1.807, 2.05) is 0 Å². The van der Waals surface area contributed by atoms with Crippen molar-refractivity contribution < 1.29 is 30.3 Å². The molecule has 1 unspecified atom stereocenters. The van der Waals surface area contributed by atoms with Gasteiger partial charge in [0.15, 0.2) is 6.29 Å². The lowest BCUT2D eigenvalue weighted by Crippen LogP contribution is -2.61. The molecule has 0 bridgehead atoms. The second-order valence-corrected chi connectivity index (χ2v) is 2.81. The fourth-order valence-corrected chi connectivity index (χ4v) is 1.12. The largest absolute Gasteiger partial charge is 0.400 e. The summed E-state index contributed by atoms with van der Waals surface area (Å²) in [7, 11) is 1.00. The van der Waals surface area contributed by atoms with E-state index in [9.17, 15) is 10.2 Å². The number of hydrogen-bond acceptors (Lipinski definition) is 7. The summed E-state index contributed by atoms with van der Waals surface area (Å²) in [6.45, 7) is -0.470. The highest BCUT2D eigenvalue weighted by atomic mass is 16.6. The summed E-state index contributed by atoms with van der Waals surface area (Å²) in [5.74, 6) is 0. The van der Waals surface area contributed by atoms with E-state index in [0.29, 0.717) is 0 Å². The number of aliphatic hydroxyl groups is 5. The predicted octanol–water partition coefficient (Wildman–Crippen LogP) is -3.65. The van der Waals surface area contributed by atoms with Gasteiger partial charge in [0.2, 0.25) is 0 Å². The van der Waals surface area contributed by atoms with Gasteiger partial charge in [-0.2, -0.15) is 0 Å². The normalized spacial score (nSPS) is 42.6. The van der Waals surface area contributed by atoms with Crippen molar-refractivity contribution in [3.63, 3.8) is 0 Å². The van der Waals surface area contributed by atoms with Gasteiger partial charge in [-0.15, -0.1) is 0 Å². The molecule has 0 aromatic carbocycles. The molecule has 1 aliphatic heterocycles. The van der Waals surface area contributed by atoms with E-state index in [1.165, 1.54) is 0 Å². The van der Waals surface area contributed by atoms with E-state index in [-0.39, 0.29) is 0 Å². The van der Waals surface area contributed by atoms with E-state index in [0.717, 1.165) is 7.11 Å². The van der Waals surface area contributed by atoms with Gasteiger partial charge in [-0.05, 0) is 0 Å². The summed E-state index contributed by atoms with van der Waals surface area (Å²) in [6, 6.07) is -1.04. The van der Waals surface area contributed by atoms with Crippen LogP contribution >= 0.6 is 0 Å². The zero-order chi connectivity index (χ0) is 11.3. The van der Waals surface area contributed by atoms with E-state index in [4.69, 9.17) is 25.8 Å². The SMILES string of the molecule is CO.N[C@H]1C(O)O[C@H](CO)[C@@H](O)[C@@H]1O. The predicted molar refractivity (Wildman–Crippen MR) is 46.1 cm³/mol. The molecular weight excluding hydrogens is 194 g/mol. The molecule has 0 saturated carbocycles. The van der Waals surface area contributed by atoms with Gasteiger partial charge in [-0.1, -0.05) is 0 Å². The minimum Gasteiger partial charge on any atom is -0.400 e. The van der Waals surface area contributed by atoms with Gasteiger partial charge in [-0.3, -0.25) is 0 Å². The highest BCUT2D eigenvalue weighted by molar-refractivity contribution is 4.90. The second-order valence-electron chi connectivity index (χ2n) is 2.81. The first kappa shape index (κ1) is 13.7. The molecule has 5 atom stereocenters. The Kier molecular flexibility index (Phi) is 6.12. The maximum absolute atomic E-state index is 9.20. The Morgan fingerprint density at radius 1 is 1.14 bits per heavy atom. The maximum Gasteiger partial charge on any atom is 0.173 e. The van der Waals surface area contributed by atoms with Crippen molar-refractivity contribution in [2.75, 3.05) is 13.7 Å². The third-order valence-corrected chi connectivity index (χ3v) is 1.95. The molecule has 0 aromatic rings. The van der Waals surface area contributed by atoms with E-state index in [1.54, 1.807) is 0 Å². The van der Waals surface area contributed by atoms with Gasteiger partial charge in [-0.25, -0.2) is 0 Å². The van der Waals surface area contributed by atoms with Crippen LogP contribution in [0.1, 0.15) is 0 Å². The van der Waals surface area contributed by atoms with Crippen LogP contribution in [0.4, 0.5) is 0 Å². The molecule has 14 heavy (non-hydrogen) atoms. The highest BCUT2D eigenvalue weighted by Crippen LogP contribution is 2.17. The number of aliphatic hydroxyl groups excluding tert-OH is 5. The molecular formula is C7H17NO6. The number of ether oxygens (including phenoxy) is 1. The first-order chi connectivity index (χ1) is 6.57. The third kappa shape index (κ3) is 2.85. The molecule has 0 aromatic heterocycles. The molecule has 0 radical (unpaired) electrons. The standard InChI is InChI=1S/C6H13NO5.CH4O/c7-3-5(10)4(9)2(1-8)12-6(3)11;1-2/h2-6,8-11H,1,7H2;2H,1H3/t2-,3-,4-,5-,6?;/m1./s1. The van der Waals surface area contributed by atoms with Crippen LogP contribution in [0.5, 0.6) is 0 Å². The summed E-state index contributed by atoms with van der Waals surface area (Å²) >= 11 is 0. The average Bonchev–Trinajstić information content (AvgIpc) is 2.23. The van der Waals surface area contributed by atoms with E-state index >= 15 is 0 Å². The van der Waals surface area contributed by atoms with Crippen LogP contribution in [0.25, 0.3) is 0 Å². The molecule has 1 aliphatic rings. The summed E-state index contributed by atoms with van der Waals surface area (Å²) in [5.41, 5.74) is 5.26. The van der Waals surface area contributed by atoms with Gasteiger partial charge in [0.1, 0.15) is 18.3 Å². The van der Waals surface area contributed by atoms with E-state index < -0.39 is 37.3 Å². The lowest BCUT2D eigenvalue weighted by atomic mass is 9.98. The fraction of sp³-hybridized carbons (Fsp3) is 1.00. The first-order valence-electron chi connectivity index (χ1n) is 4.08. The summed E-state index contributed by atoms with van der Waals surface area (Å²) in [6.07, 6.45) is -4.85. The highest BCUT2D eigenvalue weighted by Gasteiger charge is 2.41. The Labute approximate surface area is 81.4 Å². The van der Waals surface area contributed by atoms with Gasteiger partial charge in [0, 0.05) is 7.11 Å². The van der Waals surface area contributed by atoms with Gasteiger partial charge >= 0.3 is 0 Å². The molecule has 1 heterocycles. The zero-order valence-electron chi connectivity index (χ0n) is 7.82. The van der Waals surface area contributed by atoms with Crippen molar-refractivity contribution in [3.8, 4) is 0 Å². The fourth-order valence-electron chi connectivity index (χ4n) is 1.12. The molecule has 86 valence electrons. The second kappa shape index (κ2) is 6.25. The van der Waals surface area contributed by atoms with Crippen LogP contribution < -0.4 is 5.73 Å². The molecule has 0 spiro atoms. The lowest BCUT2D eigenvalue weighted by molar-refractivity contribution is -0.248. The van der Waals surface area contributed by atoms with Crippen molar-refractivity contribution in [3.05, 3.63) is 0 Å². The quantitative estimate of drug-likeness (QED) is 0.263. The van der Waals surface area contributed by atoms with Crippen molar-refractivity contribution in [2.45, 2.75) is 30.6 Å². The van der Waals surface area contributed by atoms with Crippen LogP contribution in [-0.2, 0) is 4.74 Å². The maximum atomic E-state index is 9.20. The zero-order valence-corrected chi connectivity index (χ0v) is 7.82. The minimum absolute atomic E-state index is 0.470. The third-order valence-electron chi connectivity index (χ3n) is 1.95. The number of nitrogens with two attached hydrogens (primary N) is 1. The Morgan fingerprint density at radius 3 is 2.07 bits per heavy atom.